The molecule has 0 fully saturated rings. The Balaban J connectivity index is 1.63. The van der Waals surface area contributed by atoms with Gasteiger partial charge in [0.2, 0.25) is 0 Å². The first kappa shape index (κ1) is 15.1. The van der Waals surface area contributed by atoms with Crippen LogP contribution < -0.4 is 4.90 Å². The molecule has 0 N–H and O–H groups in total. The van der Waals surface area contributed by atoms with Gasteiger partial charge in [0, 0.05) is 22.5 Å². The number of imide groups is 1. The lowest BCUT2D eigenvalue weighted by atomic mass is 10.1. The Kier molecular flexibility index (Phi) is 3.67. The van der Waals surface area contributed by atoms with Crippen LogP contribution in [0, 0.1) is 0 Å². The number of aromatic nitrogens is 1. The van der Waals surface area contributed by atoms with Crippen molar-refractivity contribution in [2.24, 2.45) is 0 Å². The topological polar surface area (TPSA) is 50.3 Å². The molecule has 118 valence electrons. The number of carbonyl (C=O) groups is 2. The summed E-state index contributed by atoms with van der Waals surface area (Å²) < 4.78 is 0. The van der Waals surface area contributed by atoms with Gasteiger partial charge in [0.15, 0.2) is 5.13 Å². The van der Waals surface area contributed by atoms with Crippen molar-refractivity contribution in [3.63, 3.8) is 0 Å². The predicted octanol–water partition coefficient (Wildman–Crippen LogP) is 4.19. The first-order chi connectivity index (χ1) is 11.6. The van der Waals surface area contributed by atoms with E-state index in [1.165, 1.54) is 11.3 Å². The quantitative estimate of drug-likeness (QED) is 0.663. The summed E-state index contributed by atoms with van der Waals surface area (Å²) >= 11 is 7.51. The Morgan fingerprint density at radius 3 is 2.25 bits per heavy atom. The molecule has 0 bridgehead atoms. The van der Waals surface area contributed by atoms with Crippen LogP contribution in [0.4, 0.5) is 5.13 Å². The van der Waals surface area contributed by atoms with Gasteiger partial charge in [-0.1, -0.05) is 41.9 Å². The van der Waals surface area contributed by atoms with Crippen LogP contribution in [-0.2, 0) is 6.42 Å². The summed E-state index contributed by atoms with van der Waals surface area (Å²) in [5.74, 6) is -0.650. The van der Waals surface area contributed by atoms with Crippen LogP contribution in [0.15, 0.2) is 54.7 Å². The highest BCUT2D eigenvalue weighted by molar-refractivity contribution is 7.16. The minimum absolute atomic E-state index is 0.325. The van der Waals surface area contributed by atoms with Gasteiger partial charge in [0.25, 0.3) is 11.8 Å². The molecule has 2 amide bonds. The maximum atomic E-state index is 12.5. The van der Waals surface area contributed by atoms with Gasteiger partial charge in [-0.05, 0) is 23.8 Å². The Labute approximate surface area is 147 Å². The van der Waals surface area contributed by atoms with Gasteiger partial charge in [-0.2, -0.15) is 0 Å². The van der Waals surface area contributed by atoms with Gasteiger partial charge in [-0.25, -0.2) is 9.88 Å². The van der Waals surface area contributed by atoms with Crippen LogP contribution in [0.5, 0.6) is 0 Å². The zero-order valence-corrected chi connectivity index (χ0v) is 14.0. The number of rotatable bonds is 3. The summed E-state index contributed by atoms with van der Waals surface area (Å²) in [6, 6.07) is 14.4. The van der Waals surface area contributed by atoms with Crippen molar-refractivity contribution in [3.05, 3.63) is 81.3 Å². The molecule has 0 saturated carbocycles. The molecule has 24 heavy (non-hydrogen) atoms. The zero-order chi connectivity index (χ0) is 16.7. The molecule has 6 heteroatoms. The van der Waals surface area contributed by atoms with Crippen LogP contribution in [0.3, 0.4) is 0 Å². The average molecular weight is 355 g/mol. The van der Waals surface area contributed by atoms with Gasteiger partial charge in [-0.3, -0.25) is 9.59 Å². The summed E-state index contributed by atoms with van der Waals surface area (Å²) in [6.45, 7) is 0. The molecule has 1 aliphatic rings. The molecule has 0 aliphatic carbocycles. The van der Waals surface area contributed by atoms with Crippen LogP contribution in [0.1, 0.15) is 31.2 Å². The van der Waals surface area contributed by atoms with E-state index in [1.54, 1.807) is 30.5 Å². The molecule has 0 unspecified atom stereocenters. The number of fused-ring (bicyclic) bond motifs is 1. The molecule has 0 radical (unpaired) electrons. The molecular formula is C18H11ClN2O2S. The molecule has 2 aromatic carbocycles. The maximum absolute atomic E-state index is 12.5. The number of anilines is 1. The van der Waals surface area contributed by atoms with Crippen LogP contribution in [0.25, 0.3) is 0 Å². The number of benzene rings is 2. The number of thiazole rings is 1. The molecule has 4 nitrogen and oxygen atoms in total. The Hall–Kier alpha value is -2.50. The normalized spacial score (nSPS) is 13.5. The van der Waals surface area contributed by atoms with Crippen LogP contribution >= 0.6 is 22.9 Å². The van der Waals surface area contributed by atoms with Crippen LogP contribution in [-0.4, -0.2) is 16.8 Å². The van der Waals surface area contributed by atoms with Crippen molar-refractivity contribution in [1.29, 1.82) is 0 Å². The van der Waals surface area contributed by atoms with Crippen molar-refractivity contribution < 1.29 is 9.59 Å². The molecule has 0 atom stereocenters. The van der Waals surface area contributed by atoms with E-state index in [9.17, 15) is 9.59 Å². The Morgan fingerprint density at radius 2 is 1.58 bits per heavy atom. The maximum Gasteiger partial charge on any atom is 0.268 e. The fourth-order valence-corrected chi connectivity index (χ4v) is 3.81. The van der Waals surface area contributed by atoms with Gasteiger partial charge >= 0.3 is 0 Å². The van der Waals surface area contributed by atoms with E-state index in [-0.39, 0.29) is 11.8 Å². The highest BCUT2D eigenvalue weighted by Crippen LogP contribution is 2.32. The Bertz CT molecular complexity index is 932. The second-order valence-corrected chi connectivity index (χ2v) is 6.87. The summed E-state index contributed by atoms with van der Waals surface area (Å²) in [6.07, 6.45) is 2.30. The van der Waals surface area contributed by atoms with Gasteiger partial charge < -0.3 is 0 Å². The molecule has 0 spiro atoms. The average Bonchev–Trinajstić information content (AvgIpc) is 3.14. The van der Waals surface area contributed by atoms with Gasteiger partial charge in [-0.15, -0.1) is 11.3 Å². The highest BCUT2D eigenvalue weighted by Gasteiger charge is 2.37. The number of hydrogen-bond donors (Lipinski definition) is 0. The lowest BCUT2D eigenvalue weighted by molar-refractivity contribution is 0.0926. The van der Waals surface area contributed by atoms with Crippen molar-refractivity contribution in [1.82, 2.24) is 4.98 Å². The SMILES string of the molecule is O=C1c2ccccc2C(=O)N1c1ncc(Cc2ccccc2Cl)s1. The third-order valence-electron chi connectivity index (χ3n) is 3.85. The molecule has 3 aromatic rings. The summed E-state index contributed by atoms with van der Waals surface area (Å²) in [4.78, 5) is 31.3. The van der Waals surface area contributed by atoms with E-state index in [0.29, 0.717) is 27.7 Å². The predicted molar refractivity (Wildman–Crippen MR) is 94.0 cm³/mol. The second-order valence-electron chi connectivity index (χ2n) is 5.37. The van der Waals surface area contributed by atoms with E-state index in [0.717, 1.165) is 15.3 Å². The largest absolute Gasteiger partial charge is 0.268 e. The molecular weight excluding hydrogens is 344 g/mol. The lowest BCUT2D eigenvalue weighted by Crippen LogP contribution is -2.29. The van der Waals surface area contributed by atoms with Gasteiger partial charge in [0.1, 0.15) is 0 Å². The molecule has 1 aromatic heterocycles. The number of hydrogen-bond acceptors (Lipinski definition) is 4. The summed E-state index contributed by atoms with van der Waals surface area (Å²) in [5.41, 5.74) is 1.83. The van der Waals surface area contributed by atoms with Crippen molar-refractivity contribution in [3.8, 4) is 0 Å². The number of amides is 2. The van der Waals surface area contributed by atoms with Crippen molar-refractivity contribution >= 4 is 39.9 Å². The van der Waals surface area contributed by atoms with E-state index >= 15 is 0 Å². The molecule has 2 heterocycles. The minimum atomic E-state index is -0.325. The number of nitrogens with zero attached hydrogens (tertiary/aromatic N) is 2. The fourth-order valence-electron chi connectivity index (χ4n) is 2.67. The highest BCUT2D eigenvalue weighted by atomic mass is 35.5. The van der Waals surface area contributed by atoms with E-state index in [4.69, 9.17) is 11.6 Å². The third-order valence-corrected chi connectivity index (χ3v) is 5.20. The van der Waals surface area contributed by atoms with Gasteiger partial charge in [0.05, 0.1) is 11.1 Å². The second kappa shape index (κ2) is 5.85. The summed E-state index contributed by atoms with van der Waals surface area (Å²) in [7, 11) is 0. The number of carbonyl (C=O) groups excluding carboxylic acids is 2. The minimum Gasteiger partial charge on any atom is -0.268 e. The first-order valence-corrected chi connectivity index (χ1v) is 8.50. The van der Waals surface area contributed by atoms with E-state index in [2.05, 4.69) is 4.98 Å². The first-order valence-electron chi connectivity index (χ1n) is 7.31. The lowest BCUT2D eigenvalue weighted by Gasteiger charge is -2.08. The Morgan fingerprint density at radius 1 is 0.958 bits per heavy atom. The van der Waals surface area contributed by atoms with Crippen molar-refractivity contribution in [2.45, 2.75) is 6.42 Å². The fraction of sp³-hybridized carbons (Fsp3) is 0.0556. The number of halogens is 1. The molecule has 1 aliphatic heterocycles. The van der Waals surface area contributed by atoms with E-state index < -0.39 is 0 Å². The standard InChI is InChI=1S/C18H11ClN2O2S/c19-15-8-4-1-5-11(15)9-12-10-20-18(24-12)21-16(22)13-6-2-3-7-14(13)17(21)23/h1-8,10H,9H2. The smallest absolute Gasteiger partial charge is 0.268 e. The molecule has 4 rings (SSSR count). The summed E-state index contributed by atoms with van der Waals surface area (Å²) in [5, 5.41) is 1.08. The zero-order valence-electron chi connectivity index (χ0n) is 12.4. The van der Waals surface area contributed by atoms with E-state index in [1.807, 2.05) is 24.3 Å². The third kappa shape index (κ3) is 2.42. The monoisotopic (exact) mass is 354 g/mol. The molecule has 0 saturated heterocycles. The van der Waals surface area contributed by atoms with Crippen LogP contribution in [0.2, 0.25) is 5.02 Å². The van der Waals surface area contributed by atoms with Crippen molar-refractivity contribution in [2.75, 3.05) is 4.90 Å².